The largest absolute Gasteiger partial charge is 0.365 e. The van der Waals surface area contributed by atoms with Gasteiger partial charge in [-0.1, -0.05) is 6.92 Å². The van der Waals surface area contributed by atoms with Crippen molar-refractivity contribution >= 4 is 16.5 Å². The third kappa shape index (κ3) is 4.03. The van der Waals surface area contributed by atoms with E-state index >= 15 is 0 Å². The molecule has 0 amide bonds. The Morgan fingerprint density at radius 3 is 2.83 bits per heavy atom. The maximum absolute atomic E-state index is 13.0. The summed E-state index contributed by atoms with van der Waals surface area (Å²) in [6, 6.07) is 0. The second-order valence-corrected chi connectivity index (χ2v) is 7.18. The highest BCUT2D eigenvalue weighted by Crippen LogP contribution is 2.31. The number of nitrogens with zero attached hydrogens (tertiary/aromatic N) is 4. The monoisotopic (exact) mass is 335 g/mol. The zero-order chi connectivity index (χ0) is 16.2. The van der Waals surface area contributed by atoms with Crippen molar-refractivity contribution in [2.24, 2.45) is 5.92 Å². The van der Waals surface area contributed by atoms with Gasteiger partial charge in [0.05, 0.1) is 12.4 Å². The summed E-state index contributed by atoms with van der Waals surface area (Å²) in [5.74, 6) is 1.11. The standard InChI is InChI=1S/C16H22FN5S/c1-11(15-19-6-13(17)7-20-15)12-4-3-5-22(9-12)10-14-8-21-16(18-2)23-14/h6-8,11-12H,3-5,9-10H2,1-2H3,(H,18,21). The molecule has 0 bridgehead atoms. The molecule has 1 fully saturated rings. The molecular formula is C16H22FN5S. The zero-order valence-electron chi connectivity index (χ0n) is 13.5. The molecule has 5 nitrogen and oxygen atoms in total. The van der Waals surface area contributed by atoms with E-state index in [-0.39, 0.29) is 11.7 Å². The normalized spacial score (nSPS) is 20.4. The first-order valence-electron chi connectivity index (χ1n) is 7.98. The average Bonchev–Trinajstić information content (AvgIpc) is 3.03. The number of likely N-dealkylation sites (tertiary alicyclic amines) is 1. The minimum atomic E-state index is -0.378. The molecule has 1 aliphatic rings. The Kier molecular flexibility index (Phi) is 5.17. The maximum atomic E-state index is 13.0. The van der Waals surface area contributed by atoms with Crippen LogP contribution in [0.15, 0.2) is 18.6 Å². The molecule has 7 heteroatoms. The zero-order valence-corrected chi connectivity index (χ0v) is 14.3. The second-order valence-electron chi connectivity index (χ2n) is 6.07. The molecule has 1 N–H and O–H groups in total. The molecule has 1 aliphatic heterocycles. The summed E-state index contributed by atoms with van der Waals surface area (Å²) in [6.45, 7) is 5.22. The van der Waals surface area contributed by atoms with Crippen LogP contribution in [0.5, 0.6) is 0 Å². The predicted octanol–water partition coefficient (Wildman–Crippen LogP) is 3.13. The molecule has 0 saturated carbocycles. The smallest absolute Gasteiger partial charge is 0.182 e. The number of anilines is 1. The van der Waals surface area contributed by atoms with Gasteiger partial charge >= 0.3 is 0 Å². The predicted molar refractivity (Wildman–Crippen MR) is 90.1 cm³/mol. The fourth-order valence-corrected chi connectivity index (χ4v) is 3.94. The minimum Gasteiger partial charge on any atom is -0.365 e. The number of aromatic nitrogens is 3. The molecule has 2 unspecified atom stereocenters. The van der Waals surface area contributed by atoms with Gasteiger partial charge in [0.1, 0.15) is 5.82 Å². The highest BCUT2D eigenvalue weighted by Gasteiger charge is 2.27. The number of hydrogen-bond donors (Lipinski definition) is 1. The number of piperidine rings is 1. The third-order valence-corrected chi connectivity index (χ3v) is 5.44. The molecule has 2 aromatic heterocycles. The fraction of sp³-hybridized carbons (Fsp3) is 0.562. The minimum absolute atomic E-state index is 0.243. The van der Waals surface area contributed by atoms with Crippen LogP contribution in [0, 0.1) is 11.7 Å². The Morgan fingerprint density at radius 1 is 1.35 bits per heavy atom. The summed E-state index contributed by atoms with van der Waals surface area (Å²) >= 11 is 1.70. The van der Waals surface area contributed by atoms with Crippen molar-refractivity contribution in [1.82, 2.24) is 19.9 Å². The number of halogens is 1. The molecule has 23 heavy (non-hydrogen) atoms. The Bertz CT molecular complexity index is 630. The van der Waals surface area contributed by atoms with E-state index in [1.807, 2.05) is 13.2 Å². The molecule has 3 rings (SSSR count). The lowest BCUT2D eigenvalue weighted by molar-refractivity contribution is 0.152. The Balaban J connectivity index is 1.62. The molecule has 3 heterocycles. The maximum Gasteiger partial charge on any atom is 0.182 e. The topological polar surface area (TPSA) is 53.9 Å². The molecular weight excluding hydrogens is 313 g/mol. The molecule has 2 aromatic rings. The van der Waals surface area contributed by atoms with Gasteiger partial charge in [-0.3, -0.25) is 4.90 Å². The molecule has 0 aliphatic carbocycles. The van der Waals surface area contributed by atoms with Gasteiger partial charge in [0.25, 0.3) is 0 Å². The SMILES string of the molecule is CNc1ncc(CN2CCCC(C(C)c3ncc(F)cn3)C2)s1. The van der Waals surface area contributed by atoms with Gasteiger partial charge in [0.15, 0.2) is 10.9 Å². The summed E-state index contributed by atoms with van der Waals surface area (Å²) < 4.78 is 13.0. The van der Waals surface area contributed by atoms with Gasteiger partial charge in [-0.05, 0) is 25.3 Å². The Labute approximate surface area is 140 Å². The molecule has 0 radical (unpaired) electrons. The summed E-state index contributed by atoms with van der Waals surface area (Å²) in [6.07, 6.45) is 6.81. The van der Waals surface area contributed by atoms with Crippen LogP contribution >= 0.6 is 11.3 Å². The van der Waals surface area contributed by atoms with E-state index < -0.39 is 0 Å². The van der Waals surface area contributed by atoms with Crippen molar-refractivity contribution in [3.05, 3.63) is 35.1 Å². The van der Waals surface area contributed by atoms with E-state index in [0.29, 0.717) is 5.92 Å². The Morgan fingerprint density at radius 2 is 2.13 bits per heavy atom. The summed E-state index contributed by atoms with van der Waals surface area (Å²) in [5, 5.41) is 4.04. The molecule has 1 saturated heterocycles. The van der Waals surface area contributed by atoms with Crippen molar-refractivity contribution in [2.45, 2.75) is 32.2 Å². The van der Waals surface area contributed by atoms with Gasteiger partial charge in [-0.15, -0.1) is 11.3 Å². The first-order valence-corrected chi connectivity index (χ1v) is 8.79. The van der Waals surface area contributed by atoms with Gasteiger partial charge in [0.2, 0.25) is 0 Å². The van der Waals surface area contributed by atoms with E-state index in [2.05, 4.69) is 32.1 Å². The van der Waals surface area contributed by atoms with Crippen LogP contribution in [0.1, 0.15) is 36.4 Å². The molecule has 124 valence electrons. The lowest BCUT2D eigenvalue weighted by atomic mass is 9.86. The van der Waals surface area contributed by atoms with Gasteiger partial charge < -0.3 is 5.32 Å². The number of hydrogen-bond acceptors (Lipinski definition) is 6. The summed E-state index contributed by atoms with van der Waals surface area (Å²) in [4.78, 5) is 16.4. The van der Waals surface area contributed by atoms with E-state index in [0.717, 1.165) is 30.6 Å². The van der Waals surface area contributed by atoms with Crippen molar-refractivity contribution < 1.29 is 4.39 Å². The van der Waals surface area contributed by atoms with Gasteiger partial charge in [-0.25, -0.2) is 19.3 Å². The van der Waals surface area contributed by atoms with E-state index in [1.165, 1.54) is 30.1 Å². The van der Waals surface area contributed by atoms with Gasteiger partial charge in [-0.2, -0.15) is 0 Å². The van der Waals surface area contributed by atoms with Crippen molar-refractivity contribution in [1.29, 1.82) is 0 Å². The van der Waals surface area contributed by atoms with Crippen LogP contribution < -0.4 is 5.32 Å². The van der Waals surface area contributed by atoms with Crippen LogP contribution in [0.3, 0.4) is 0 Å². The fourth-order valence-electron chi connectivity index (χ4n) is 3.13. The lowest BCUT2D eigenvalue weighted by Crippen LogP contribution is -2.37. The molecule has 0 aromatic carbocycles. The molecule has 0 spiro atoms. The number of thiazole rings is 1. The molecule has 2 atom stereocenters. The van der Waals surface area contributed by atoms with Gasteiger partial charge in [0, 0.05) is 37.1 Å². The lowest BCUT2D eigenvalue weighted by Gasteiger charge is -2.35. The summed E-state index contributed by atoms with van der Waals surface area (Å²) in [7, 11) is 1.89. The first kappa shape index (κ1) is 16.3. The first-order chi connectivity index (χ1) is 11.2. The highest BCUT2D eigenvalue weighted by molar-refractivity contribution is 7.15. The second kappa shape index (κ2) is 7.31. The van der Waals surface area contributed by atoms with Crippen LogP contribution in [-0.4, -0.2) is 40.0 Å². The van der Waals surface area contributed by atoms with E-state index in [4.69, 9.17) is 0 Å². The Hall–Kier alpha value is -1.60. The van der Waals surface area contributed by atoms with E-state index in [1.54, 1.807) is 11.3 Å². The van der Waals surface area contributed by atoms with Crippen molar-refractivity contribution in [3.8, 4) is 0 Å². The summed E-state index contributed by atoms with van der Waals surface area (Å²) in [5.41, 5.74) is 0. The average molecular weight is 335 g/mol. The van der Waals surface area contributed by atoms with Crippen LogP contribution in [-0.2, 0) is 6.54 Å². The highest BCUT2D eigenvalue weighted by atomic mass is 32.1. The van der Waals surface area contributed by atoms with Crippen LogP contribution in [0.25, 0.3) is 0 Å². The van der Waals surface area contributed by atoms with Crippen LogP contribution in [0.4, 0.5) is 9.52 Å². The van der Waals surface area contributed by atoms with E-state index in [9.17, 15) is 4.39 Å². The third-order valence-electron chi connectivity index (χ3n) is 4.44. The van der Waals surface area contributed by atoms with Crippen LogP contribution in [0.2, 0.25) is 0 Å². The quantitative estimate of drug-likeness (QED) is 0.910. The number of nitrogens with one attached hydrogen (secondary N) is 1. The van der Waals surface area contributed by atoms with Crippen molar-refractivity contribution in [2.75, 3.05) is 25.5 Å². The number of rotatable bonds is 5. The van der Waals surface area contributed by atoms with Crippen molar-refractivity contribution in [3.63, 3.8) is 0 Å².